The van der Waals surface area contributed by atoms with Gasteiger partial charge in [0.25, 0.3) is 5.91 Å². The zero-order chi connectivity index (χ0) is 16.6. The van der Waals surface area contributed by atoms with Crippen LogP contribution in [0.2, 0.25) is 0 Å². The van der Waals surface area contributed by atoms with Gasteiger partial charge >= 0.3 is 0 Å². The first-order valence-corrected chi connectivity index (χ1v) is 7.89. The number of nitrogens with one attached hydrogen (secondary N) is 2. The van der Waals surface area contributed by atoms with E-state index in [1.54, 1.807) is 4.68 Å². The van der Waals surface area contributed by atoms with Gasteiger partial charge in [-0.2, -0.15) is 10.2 Å². The van der Waals surface area contributed by atoms with Crippen molar-refractivity contribution in [3.63, 3.8) is 0 Å². The number of carbonyl (C=O) groups excluding carboxylic acids is 1. The quantitative estimate of drug-likeness (QED) is 0.878. The Morgan fingerprint density at radius 3 is 2.96 bits per heavy atom. The highest BCUT2D eigenvalue weighted by Gasteiger charge is 2.31. The van der Waals surface area contributed by atoms with Crippen molar-refractivity contribution < 1.29 is 9.53 Å². The molecule has 124 valence electrons. The summed E-state index contributed by atoms with van der Waals surface area (Å²) in [5, 5.41) is 14.1. The van der Waals surface area contributed by atoms with E-state index >= 15 is 0 Å². The molecule has 2 aromatic rings. The van der Waals surface area contributed by atoms with Gasteiger partial charge in [-0.1, -0.05) is 6.92 Å². The third-order valence-electron chi connectivity index (χ3n) is 4.03. The summed E-state index contributed by atoms with van der Waals surface area (Å²) in [5.41, 5.74) is 2.42. The number of rotatable bonds is 4. The molecule has 1 aliphatic rings. The van der Waals surface area contributed by atoms with Gasteiger partial charge in [-0.05, 0) is 13.8 Å². The summed E-state index contributed by atoms with van der Waals surface area (Å²) in [6, 6.07) is 0. The molecular weight excluding hydrogens is 296 g/mol. The minimum Gasteiger partial charge on any atom is -0.369 e. The van der Waals surface area contributed by atoms with E-state index in [2.05, 4.69) is 25.6 Å². The Balaban J connectivity index is 1.76. The Hall–Kier alpha value is -2.22. The molecular formula is C15H22N6O2. The summed E-state index contributed by atoms with van der Waals surface area (Å²) < 4.78 is 7.56. The smallest absolute Gasteiger partial charge is 0.272 e. The van der Waals surface area contributed by atoms with Crippen LogP contribution in [0.5, 0.6) is 0 Å². The number of amides is 1. The minimum atomic E-state index is -0.197. The van der Waals surface area contributed by atoms with E-state index < -0.39 is 0 Å². The molecule has 3 rings (SSSR count). The molecule has 2 atom stereocenters. The highest BCUT2D eigenvalue weighted by Crippen LogP contribution is 2.31. The Morgan fingerprint density at radius 2 is 2.26 bits per heavy atom. The second kappa shape index (κ2) is 6.11. The van der Waals surface area contributed by atoms with Crippen LogP contribution in [0, 0.1) is 0 Å². The number of nitrogens with zero attached hydrogens (tertiary/aromatic N) is 4. The summed E-state index contributed by atoms with van der Waals surface area (Å²) >= 11 is 0. The van der Waals surface area contributed by atoms with E-state index in [4.69, 9.17) is 4.74 Å². The van der Waals surface area contributed by atoms with Crippen LogP contribution in [-0.2, 0) is 31.2 Å². The van der Waals surface area contributed by atoms with Crippen molar-refractivity contribution in [2.24, 2.45) is 7.05 Å². The van der Waals surface area contributed by atoms with Gasteiger partial charge in [0.05, 0.1) is 24.4 Å². The van der Waals surface area contributed by atoms with E-state index in [9.17, 15) is 4.79 Å². The molecule has 0 aliphatic carbocycles. The van der Waals surface area contributed by atoms with Gasteiger partial charge in [-0.3, -0.25) is 14.6 Å². The number of H-pyrrole nitrogens is 1. The van der Waals surface area contributed by atoms with Gasteiger partial charge in [0.15, 0.2) is 11.5 Å². The van der Waals surface area contributed by atoms with Gasteiger partial charge in [0.1, 0.15) is 5.82 Å². The Kier molecular flexibility index (Phi) is 4.16. The fourth-order valence-corrected chi connectivity index (χ4v) is 3.04. The van der Waals surface area contributed by atoms with Crippen LogP contribution in [0.3, 0.4) is 0 Å². The van der Waals surface area contributed by atoms with Crippen LogP contribution in [0.25, 0.3) is 0 Å². The predicted molar refractivity (Wildman–Crippen MR) is 82.8 cm³/mol. The topological polar surface area (TPSA) is 97.7 Å². The predicted octanol–water partition coefficient (Wildman–Crippen LogP) is 1.05. The number of aromatic amines is 1. The van der Waals surface area contributed by atoms with Gasteiger partial charge in [-0.15, -0.1) is 0 Å². The normalized spacial score (nSPS) is 20.3. The number of aromatic nitrogens is 5. The number of carbonyl (C=O) groups is 1. The van der Waals surface area contributed by atoms with Gasteiger partial charge in [0.2, 0.25) is 0 Å². The average molecular weight is 318 g/mol. The lowest BCUT2D eigenvalue weighted by Gasteiger charge is -2.26. The summed E-state index contributed by atoms with van der Waals surface area (Å²) in [6.45, 7) is 6.28. The number of hydrogen-bond donors (Lipinski definition) is 2. The summed E-state index contributed by atoms with van der Waals surface area (Å²) in [5.74, 6) is 1.19. The standard InChI is InChI=1S/C15H22N6O2/c1-5-11-17-12(19-18-11)7-16-15(22)13-10-6-8(2)23-9(3)14(10)21(4)20-13/h8-9H,5-7H2,1-4H3,(H,16,22)(H,17,18,19)/t8-,9+/m0/s1. The van der Waals surface area contributed by atoms with Crippen LogP contribution in [-0.4, -0.2) is 37.0 Å². The fourth-order valence-electron chi connectivity index (χ4n) is 3.04. The molecule has 0 aromatic carbocycles. The van der Waals surface area contributed by atoms with Crippen LogP contribution < -0.4 is 5.32 Å². The number of fused-ring (bicyclic) bond motifs is 1. The second-order valence-electron chi connectivity index (χ2n) is 5.86. The zero-order valence-electron chi connectivity index (χ0n) is 13.9. The molecule has 23 heavy (non-hydrogen) atoms. The first-order valence-electron chi connectivity index (χ1n) is 7.89. The molecule has 0 radical (unpaired) electrons. The van der Waals surface area contributed by atoms with Crippen molar-refractivity contribution in [2.75, 3.05) is 0 Å². The Bertz CT molecular complexity index is 720. The maximum absolute atomic E-state index is 12.5. The molecule has 0 unspecified atom stereocenters. The highest BCUT2D eigenvalue weighted by molar-refractivity contribution is 5.94. The van der Waals surface area contributed by atoms with E-state index in [-0.39, 0.29) is 18.1 Å². The molecule has 0 spiro atoms. The van der Waals surface area contributed by atoms with Crippen LogP contribution in [0.4, 0.5) is 0 Å². The fraction of sp³-hybridized carbons (Fsp3) is 0.600. The molecule has 0 bridgehead atoms. The first-order chi connectivity index (χ1) is 11.0. The van der Waals surface area contributed by atoms with Crippen LogP contribution in [0.15, 0.2) is 0 Å². The third-order valence-corrected chi connectivity index (χ3v) is 4.03. The van der Waals surface area contributed by atoms with Crippen molar-refractivity contribution in [3.8, 4) is 0 Å². The minimum absolute atomic E-state index is 0.0609. The summed E-state index contributed by atoms with van der Waals surface area (Å²) in [4.78, 5) is 16.8. The molecule has 0 saturated carbocycles. The summed E-state index contributed by atoms with van der Waals surface area (Å²) in [6.07, 6.45) is 1.47. The molecule has 1 aliphatic heterocycles. The largest absolute Gasteiger partial charge is 0.369 e. The van der Waals surface area contributed by atoms with Crippen LogP contribution in [0.1, 0.15) is 60.3 Å². The molecule has 2 aromatic heterocycles. The van der Waals surface area contributed by atoms with E-state index in [0.717, 1.165) is 23.5 Å². The van der Waals surface area contributed by atoms with Crippen molar-refractivity contribution >= 4 is 5.91 Å². The number of ether oxygens (including phenoxy) is 1. The molecule has 2 N–H and O–H groups in total. The summed E-state index contributed by atoms with van der Waals surface area (Å²) in [7, 11) is 1.84. The molecule has 1 amide bonds. The monoisotopic (exact) mass is 318 g/mol. The first kappa shape index (κ1) is 15.7. The van der Waals surface area contributed by atoms with E-state index in [0.29, 0.717) is 24.5 Å². The van der Waals surface area contributed by atoms with Crippen molar-refractivity contribution in [1.82, 2.24) is 30.3 Å². The van der Waals surface area contributed by atoms with E-state index in [1.165, 1.54) is 0 Å². The molecule has 0 saturated heterocycles. The lowest BCUT2D eigenvalue weighted by molar-refractivity contribution is -0.00903. The zero-order valence-corrected chi connectivity index (χ0v) is 13.9. The maximum atomic E-state index is 12.5. The molecule has 0 fully saturated rings. The van der Waals surface area contributed by atoms with Gasteiger partial charge in [0, 0.05) is 25.5 Å². The Morgan fingerprint density at radius 1 is 1.48 bits per heavy atom. The molecule has 8 nitrogen and oxygen atoms in total. The van der Waals surface area contributed by atoms with Gasteiger partial charge < -0.3 is 10.1 Å². The van der Waals surface area contributed by atoms with E-state index in [1.807, 2.05) is 27.8 Å². The lowest BCUT2D eigenvalue weighted by atomic mass is 9.99. The number of aryl methyl sites for hydroxylation is 2. The molecule has 8 heteroatoms. The van der Waals surface area contributed by atoms with Crippen molar-refractivity contribution in [2.45, 2.75) is 52.4 Å². The second-order valence-corrected chi connectivity index (χ2v) is 5.86. The van der Waals surface area contributed by atoms with Crippen molar-refractivity contribution in [3.05, 3.63) is 28.6 Å². The maximum Gasteiger partial charge on any atom is 0.272 e. The lowest BCUT2D eigenvalue weighted by Crippen LogP contribution is -2.27. The SMILES string of the molecule is CCc1n[nH]c(CNC(=O)c2nn(C)c3c2C[C@H](C)O[C@@H]3C)n1. The third kappa shape index (κ3) is 2.98. The van der Waals surface area contributed by atoms with Gasteiger partial charge in [-0.25, -0.2) is 4.98 Å². The molecule has 3 heterocycles. The average Bonchev–Trinajstić information content (AvgIpc) is 3.09. The number of hydrogen-bond acceptors (Lipinski definition) is 5. The Labute approximate surface area is 134 Å². The highest BCUT2D eigenvalue weighted by atomic mass is 16.5. The van der Waals surface area contributed by atoms with Crippen LogP contribution >= 0.6 is 0 Å². The van der Waals surface area contributed by atoms with Crippen molar-refractivity contribution in [1.29, 1.82) is 0 Å².